The number of hydrogen-bond acceptors (Lipinski definition) is 3. The highest BCUT2D eigenvalue weighted by Crippen LogP contribution is 2.20. The number of fused-ring (bicyclic) bond motifs is 1. The maximum Gasteiger partial charge on any atom is 0.258 e. The van der Waals surface area contributed by atoms with Crippen LogP contribution in [0.25, 0.3) is 5.65 Å². The number of aromatic nitrogens is 2. The van der Waals surface area contributed by atoms with E-state index < -0.39 is 0 Å². The van der Waals surface area contributed by atoms with Crippen molar-refractivity contribution in [1.82, 2.24) is 14.3 Å². The molecule has 2 heterocycles. The Kier molecular flexibility index (Phi) is 4.99. The highest BCUT2D eigenvalue weighted by atomic mass is 79.9. The van der Waals surface area contributed by atoms with Gasteiger partial charge in [-0.25, -0.2) is 9.37 Å². The summed E-state index contributed by atoms with van der Waals surface area (Å²) in [7, 11) is 1.83. The molecule has 2 aromatic heterocycles. The Labute approximate surface area is 151 Å². The zero-order valence-corrected chi connectivity index (χ0v) is 15.2. The van der Waals surface area contributed by atoms with Gasteiger partial charge in [0.1, 0.15) is 11.5 Å². The minimum Gasteiger partial charge on any atom is -0.296 e. The molecule has 0 radical (unpaired) electrons. The SMILES string of the molecule is CN(Cc1cc(=O)n2cc(Br)ccc2n1)Cc1c(F)cccc1Cl. The summed E-state index contributed by atoms with van der Waals surface area (Å²) in [6.07, 6.45) is 1.68. The van der Waals surface area contributed by atoms with Gasteiger partial charge in [-0.05, 0) is 47.2 Å². The molecule has 0 bridgehead atoms. The highest BCUT2D eigenvalue weighted by Gasteiger charge is 2.11. The predicted octanol–water partition coefficient (Wildman–Crippen LogP) is 3.88. The quantitative estimate of drug-likeness (QED) is 0.655. The van der Waals surface area contributed by atoms with Crippen molar-refractivity contribution in [2.75, 3.05) is 7.05 Å². The first-order chi connectivity index (χ1) is 11.4. The molecule has 0 saturated heterocycles. The molecule has 0 N–H and O–H groups in total. The third-order valence-corrected chi connectivity index (χ3v) is 4.42. The average molecular weight is 411 g/mol. The van der Waals surface area contributed by atoms with Gasteiger partial charge in [-0.15, -0.1) is 0 Å². The second-order valence-electron chi connectivity index (χ2n) is 5.53. The van der Waals surface area contributed by atoms with Gasteiger partial charge in [0, 0.05) is 40.4 Å². The summed E-state index contributed by atoms with van der Waals surface area (Å²) in [5.74, 6) is -0.342. The Morgan fingerprint density at radius 2 is 2.08 bits per heavy atom. The van der Waals surface area contributed by atoms with Gasteiger partial charge >= 0.3 is 0 Å². The lowest BCUT2D eigenvalue weighted by Gasteiger charge is -2.17. The Morgan fingerprint density at radius 1 is 1.29 bits per heavy atom. The van der Waals surface area contributed by atoms with Gasteiger partial charge in [-0.1, -0.05) is 17.7 Å². The van der Waals surface area contributed by atoms with Gasteiger partial charge in [0.05, 0.1) is 5.69 Å². The first kappa shape index (κ1) is 17.1. The van der Waals surface area contributed by atoms with Crippen molar-refractivity contribution in [3.05, 3.63) is 79.5 Å². The van der Waals surface area contributed by atoms with Crippen LogP contribution in [0.4, 0.5) is 4.39 Å². The summed E-state index contributed by atoms with van der Waals surface area (Å²) in [6, 6.07) is 9.70. The van der Waals surface area contributed by atoms with Crippen LogP contribution >= 0.6 is 27.5 Å². The molecule has 0 fully saturated rings. The number of pyridine rings is 1. The Bertz CT molecular complexity index is 940. The van der Waals surface area contributed by atoms with Gasteiger partial charge in [0.2, 0.25) is 0 Å². The van der Waals surface area contributed by atoms with E-state index in [1.165, 1.54) is 16.5 Å². The van der Waals surface area contributed by atoms with Gasteiger partial charge in [0.25, 0.3) is 5.56 Å². The van der Waals surface area contributed by atoms with E-state index in [9.17, 15) is 9.18 Å². The summed E-state index contributed by atoms with van der Waals surface area (Å²) in [5, 5.41) is 0.387. The second kappa shape index (κ2) is 7.01. The van der Waals surface area contributed by atoms with Crippen molar-refractivity contribution in [3.8, 4) is 0 Å². The molecule has 0 saturated carbocycles. The molecule has 1 aromatic carbocycles. The van der Waals surface area contributed by atoms with Gasteiger partial charge in [0.15, 0.2) is 0 Å². The smallest absolute Gasteiger partial charge is 0.258 e. The first-order valence-corrected chi connectivity index (χ1v) is 8.40. The standard InChI is InChI=1S/C17H14BrClFN3O/c1-22(10-13-14(19)3-2-4-15(13)20)9-12-7-17(24)23-8-11(18)5-6-16(23)21-12/h2-8H,9-10H2,1H3. The molecule has 124 valence electrons. The van der Waals surface area contributed by atoms with Crippen molar-refractivity contribution < 1.29 is 4.39 Å². The van der Waals surface area contributed by atoms with E-state index in [0.29, 0.717) is 35.0 Å². The monoisotopic (exact) mass is 409 g/mol. The molecule has 0 aliphatic heterocycles. The minimum atomic E-state index is -0.342. The normalized spacial score (nSPS) is 11.4. The zero-order chi connectivity index (χ0) is 17.3. The van der Waals surface area contributed by atoms with Crippen LogP contribution in [-0.4, -0.2) is 21.3 Å². The summed E-state index contributed by atoms with van der Waals surface area (Å²) < 4.78 is 16.2. The second-order valence-corrected chi connectivity index (χ2v) is 6.86. The van der Waals surface area contributed by atoms with Crippen molar-refractivity contribution in [2.24, 2.45) is 0 Å². The van der Waals surface area contributed by atoms with Crippen molar-refractivity contribution in [3.63, 3.8) is 0 Å². The predicted molar refractivity (Wildman–Crippen MR) is 95.7 cm³/mol. The summed E-state index contributed by atoms with van der Waals surface area (Å²) >= 11 is 9.39. The fourth-order valence-electron chi connectivity index (χ4n) is 2.49. The Balaban J connectivity index is 1.84. The number of benzene rings is 1. The number of hydrogen-bond donors (Lipinski definition) is 0. The van der Waals surface area contributed by atoms with Crippen LogP contribution in [0.3, 0.4) is 0 Å². The lowest BCUT2D eigenvalue weighted by atomic mass is 10.2. The fourth-order valence-corrected chi connectivity index (χ4v) is 3.05. The molecule has 0 unspecified atom stereocenters. The largest absolute Gasteiger partial charge is 0.296 e. The zero-order valence-electron chi connectivity index (χ0n) is 12.8. The molecule has 0 aliphatic rings. The lowest BCUT2D eigenvalue weighted by Crippen LogP contribution is -2.22. The van der Waals surface area contributed by atoms with Crippen LogP contribution < -0.4 is 5.56 Å². The highest BCUT2D eigenvalue weighted by molar-refractivity contribution is 9.10. The molecule has 0 aliphatic carbocycles. The van der Waals surface area contributed by atoms with Gasteiger partial charge in [-0.3, -0.25) is 14.1 Å². The van der Waals surface area contributed by atoms with E-state index >= 15 is 0 Å². The third-order valence-electron chi connectivity index (χ3n) is 3.60. The summed E-state index contributed by atoms with van der Waals surface area (Å²) in [6.45, 7) is 0.735. The van der Waals surface area contributed by atoms with Crippen LogP contribution in [0.15, 0.2) is 51.9 Å². The topological polar surface area (TPSA) is 37.6 Å². The van der Waals surface area contributed by atoms with E-state index in [4.69, 9.17) is 11.6 Å². The Hall–Kier alpha value is -1.76. The molecule has 3 rings (SSSR count). The van der Waals surface area contributed by atoms with Crippen molar-refractivity contribution in [1.29, 1.82) is 0 Å². The fraction of sp³-hybridized carbons (Fsp3) is 0.176. The minimum absolute atomic E-state index is 0.159. The molecule has 4 nitrogen and oxygen atoms in total. The van der Waals surface area contributed by atoms with E-state index in [-0.39, 0.29) is 11.4 Å². The van der Waals surface area contributed by atoms with Crippen LogP contribution in [0.1, 0.15) is 11.3 Å². The maximum absolute atomic E-state index is 13.9. The first-order valence-electron chi connectivity index (χ1n) is 7.23. The molecule has 0 spiro atoms. The van der Waals surface area contributed by atoms with Gasteiger partial charge < -0.3 is 0 Å². The average Bonchev–Trinajstić information content (AvgIpc) is 2.52. The summed E-state index contributed by atoms with van der Waals surface area (Å²) in [5.41, 5.74) is 1.46. The molecular weight excluding hydrogens is 397 g/mol. The number of halogens is 3. The number of rotatable bonds is 4. The molecule has 0 atom stereocenters. The van der Waals surface area contributed by atoms with E-state index in [0.717, 1.165) is 4.47 Å². The molecule has 7 heteroatoms. The maximum atomic E-state index is 13.9. The van der Waals surface area contributed by atoms with Gasteiger partial charge in [-0.2, -0.15) is 0 Å². The summed E-state index contributed by atoms with van der Waals surface area (Å²) in [4.78, 5) is 18.5. The van der Waals surface area contributed by atoms with E-state index in [1.807, 2.05) is 18.0 Å². The lowest BCUT2D eigenvalue weighted by molar-refractivity contribution is 0.310. The van der Waals surface area contributed by atoms with Crippen LogP contribution in [0.2, 0.25) is 5.02 Å². The van der Waals surface area contributed by atoms with Crippen LogP contribution in [0.5, 0.6) is 0 Å². The molecular formula is C17H14BrClFN3O. The Morgan fingerprint density at radius 3 is 2.83 bits per heavy atom. The number of nitrogens with zero attached hydrogens (tertiary/aromatic N) is 3. The third kappa shape index (κ3) is 3.66. The molecule has 24 heavy (non-hydrogen) atoms. The van der Waals surface area contributed by atoms with Crippen LogP contribution in [0, 0.1) is 5.82 Å². The van der Waals surface area contributed by atoms with E-state index in [2.05, 4.69) is 20.9 Å². The molecule has 3 aromatic rings. The van der Waals surface area contributed by atoms with E-state index in [1.54, 1.807) is 24.4 Å². The van der Waals surface area contributed by atoms with Crippen LogP contribution in [-0.2, 0) is 13.1 Å². The van der Waals surface area contributed by atoms with Crippen molar-refractivity contribution in [2.45, 2.75) is 13.1 Å². The van der Waals surface area contributed by atoms with Crippen molar-refractivity contribution >= 4 is 33.2 Å². The molecule has 0 amide bonds.